The van der Waals surface area contributed by atoms with Crippen LogP contribution in [0, 0.1) is 0 Å². The summed E-state index contributed by atoms with van der Waals surface area (Å²) in [6, 6.07) is 0.795. The summed E-state index contributed by atoms with van der Waals surface area (Å²) >= 11 is 0. The average molecular weight is 141 g/mol. The number of hydrogen-bond acceptors (Lipinski definition) is 2. The molecule has 2 rings (SSSR count). The van der Waals surface area contributed by atoms with Gasteiger partial charge in [-0.15, -0.1) is 0 Å². The van der Waals surface area contributed by atoms with Gasteiger partial charge in [0.2, 0.25) is 0 Å². The largest absolute Gasteiger partial charge is 0.363 e. The van der Waals surface area contributed by atoms with Crippen LogP contribution >= 0.6 is 0 Å². The van der Waals surface area contributed by atoms with Crippen LogP contribution in [0.2, 0.25) is 0 Å². The Morgan fingerprint density at radius 1 is 1.10 bits per heavy atom. The lowest BCUT2D eigenvalue weighted by Crippen LogP contribution is -2.35. The molecule has 10 heavy (non-hydrogen) atoms. The Morgan fingerprint density at radius 2 is 2.00 bits per heavy atom. The van der Waals surface area contributed by atoms with Crippen LogP contribution in [0.1, 0.15) is 32.1 Å². The summed E-state index contributed by atoms with van der Waals surface area (Å²) in [6.45, 7) is 0.963. The lowest BCUT2D eigenvalue weighted by Gasteiger charge is -2.23. The molecule has 0 spiro atoms. The van der Waals surface area contributed by atoms with Gasteiger partial charge in [0.15, 0.2) is 0 Å². The molecule has 2 nitrogen and oxygen atoms in total. The van der Waals surface area contributed by atoms with Gasteiger partial charge in [-0.05, 0) is 32.1 Å². The third-order valence-electron chi connectivity index (χ3n) is 2.18. The topological polar surface area (TPSA) is 21.3 Å². The van der Waals surface area contributed by atoms with Gasteiger partial charge in [-0.3, -0.25) is 5.32 Å². The predicted octanol–water partition coefficient (Wildman–Crippen LogP) is 1.26. The van der Waals surface area contributed by atoms with Crippen LogP contribution in [0.15, 0.2) is 0 Å². The molecular formula is C8H15NO. The molecule has 0 amide bonds. The van der Waals surface area contributed by atoms with Crippen LogP contribution in [0.3, 0.4) is 0 Å². The molecule has 0 aromatic carbocycles. The first-order valence-corrected chi connectivity index (χ1v) is 4.33. The van der Waals surface area contributed by atoms with Crippen LogP contribution < -0.4 is 5.32 Å². The van der Waals surface area contributed by atoms with Gasteiger partial charge in [0.05, 0.1) is 0 Å². The van der Waals surface area contributed by atoms with E-state index in [1.54, 1.807) is 0 Å². The molecule has 2 fully saturated rings. The van der Waals surface area contributed by atoms with E-state index in [-0.39, 0.29) is 0 Å². The van der Waals surface area contributed by atoms with Crippen molar-refractivity contribution in [2.75, 3.05) is 6.61 Å². The monoisotopic (exact) mass is 141 g/mol. The van der Waals surface area contributed by atoms with Crippen molar-refractivity contribution in [3.8, 4) is 0 Å². The molecule has 1 unspecified atom stereocenters. The maximum atomic E-state index is 5.52. The van der Waals surface area contributed by atoms with Crippen molar-refractivity contribution in [3.05, 3.63) is 0 Å². The van der Waals surface area contributed by atoms with Crippen molar-refractivity contribution in [1.82, 2.24) is 5.32 Å². The third kappa shape index (κ3) is 1.70. The van der Waals surface area contributed by atoms with E-state index in [1.165, 1.54) is 32.1 Å². The van der Waals surface area contributed by atoms with E-state index in [0.717, 1.165) is 12.6 Å². The highest BCUT2D eigenvalue weighted by Crippen LogP contribution is 2.21. The molecule has 0 radical (unpaired) electrons. The molecule has 0 bridgehead atoms. The molecule has 2 heteroatoms. The number of ether oxygens (including phenoxy) is 1. The fourth-order valence-electron chi connectivity index (χ4n) is 1.39. The maximum Gasteiger partial charge on any atom is 0.108 e. The van der Waals surface area contributed by atoms with E-state index < -0.39 is 0 Å². The highest BCUT2D eigenvalue weighted by Gasteiger charge is 2.25. The zero-order chi connectivity index (χ0) is 6.81. The van der Waals surface area contributed by atoms with E-state index in [2.05, 4.69) is 5.32 Å². The molecule has 0 aromatic rings. The fraction of sp³-hybridized carbons (Fsp3) is 1.00. The zero-order valence-electron chi connectivity index (χ0n) is 6.31. The smallest absolute Gasteiger partial charge is 0.108 e. The summed E-state index contributed by atoms with van der Waals surface area (Å²) < 4.78 is 5.52. The number of hydrogen-bond donors (Lipinski definition) is 1. The summed E-state index contributed by atoms with van der Waals surface area (Å²) in [5, 5.41) is 3.47. The Morgan fingerprint density at radius 3 is 2.60 bits per heavy atom. The Kier molecular flexibility index (Phi) is 1.91. The second kappa shape index (κ2) is 2.89. The van der Waals surface area contributed by atoms with Crippen molar-refractivity contribution in [1.29, 1.82) is 0 Å². The van der Waals surface area contributed by atoms with E-state index in [9.17, 15) is 0 Å². The standard InChI is InChI=1S/C8H15NO/c1-2-6-10-8(3-1)9-7-4-5-7/h7-9H,1-6H2. The average Bonchev–Trinajstić information content (AvgIpc) is 2.74. The van der Waals surface area contributed by atoms with Gasteiger partial charge in [0.1, 0.15) is 6.23 Å². The summed E-state index contributed by atoms with van der Waals surface area (Å²) in [6.07, 6.45) is 6.92. The van der Waals surface area contributed by atoms with Crippen molar-refractivity contribution in [3.63, 3.8) is 0 Å². The van der Waals surface area contributed by atoms with Gasteiger partial charge in [-0.1, -0.05) is 0 Å². The molecular weight excluding hydrogens is 126 g/mol. The number of nitrogens with one attached hydrogen (secondary N) is 1. The molecule has 1 aliphatic heterocycles. The predicted molar refractivity (Wildman–Crippen MR) is 39.7 cm³/mol. The molecule has 2 aliphatic rings. The molecule has 1 saturated carbocycles. The summed E-state index contributed by atoms with van der Waals surface area (Å²) in [4.78, 5) is 0. The quantitative estimate of drug-likeness (QED) is 0.625. The minimum Gasteiger partial charge on any atom is -0.363 e. The lowest BCUT2D eigenvalue weighted by molar-refractivity contribution is -0.00636. The third-order valence-corrected chi connectivity index (χ3v) is 2.18. The summed E-state index contributed by atoms with van der Waals surface area (Å²) in [5.41, 5.74) is 0. The van der Waals surface area contributed by atoms with Gasteiger partial charge in [0, 0.05) is 12.6 Å². The normalized spacial score (nSPS) is 34.2. The fourth-order valence-corrected chi connectivity index (χ4v) is 1.39. The Hall–Kier alpha value is -0.0800. The van der Waals surface area contributed by atoms with Crippen molar-refractivity contribution in [2.24, 2.45) is 0 Å². The first-order valence-electron chi connectivity index (χ1n) is 4.33. The number of rotatable bonds is 2. The zero-order valence-corrected chi connectivity index (χ0v) is 6.31. The molecule has 1 atom stereocenters. The second-order valence-corrected chi connectivity index (χ2v) is 3.30. The SMILES string of the molecule is C1CCC(NC2CC2)OC1. The minimum atomic E-state index is 0.390. The van der Waals surface area contributed by atoms with E-state index in [4.69, 9.17) is 4.74 Å². The maximum absolute atomic E-state index is 5.52. The highest BCUT2D eigenvalue weighted by molar-refractivity contribution is 4.82. The minimum absolute atomic E-state index is 0.390. The summed E-state index contributed by atoms with van der Waals surface area (Å²) in [5.74, 6) is 0. The lowest BCUT2D eigenvalue weighted by atomic mass is 10.2. The molecule has 1 saturated heterocycles. The second-order valence-electron chi connectivity index (χ2n) is 3.30. The Labute approximate surface area is 61.9 Å². The summed E-state index contributed by atoms with van der Waals surface area (Å²) in [7, 11) is 0. The molecule has 1 aliphatic carbocycles. The van der Waals surface area contributed by atoms with Gasteiger partial charge in [-0.2, -0.15) is 0 Å². The van der Waals surface area contributed by atoms with Crippen molar-refractivity contribution in [2.45, 2.75) is 44.4 Å². The molecule has 58 valence electrons. The van der Waals surface area contributed by atoms with Crippen LogP contribution in [0.4, 0.5) is 0 Å². The van der Waals surface area contributed by atoms with Crippen LogP contribution in [-0.2, 0) is 4.74 Å². The first-order chi connectivity index (χ1) is 4.95. The Balaban J connectivity index is 1.69. The van der Waals surface area contributed by atoms with Gasteiger partial charge >= 0.3 is 0 Å². The molecule has 1 heterocycles. The molecule has 1 N–H and O–H groups in total. The molecule has 0 aromatic heterocycles. The van der Waals surface area contributed by atoms with E-state index in [1.807, 2.05) is 0 Å². The van der Waals surface area contributed by atoms with Gasteiger partial charge < -0.3 is 4.74 Å². The first kappa shape index (κ1) is 6.62. The van der Waals surface area contributed by atoms with Gasteiger partial charge in [0.25, 0.3) is 0 Å². The van der Waals surface area contributed by atoms with Crippen LogP contribution in [-0.4, -0.2) is 18.9 Å². The van der Waals surface area contributed by atoms with Crippen molar-refractivity contribution < 1.29 is 4.74 Å². The van der Waals surface area contributed by atoms with Crippen LogP contribution in [0.25, 0.3) is 0 Å². The highest BCUT2D eigenvalue weighted by atomic mass is 16.5. The van der Waals surface area contributed by atoms with Gasteiger partial charge in [-0.25, -0.2) is 0 Å². The van der Waals surface area contributed by atoms with E-state index in [0.29, 0.717) is 6.23 Å². The van der Waals surface area contributed by atoms with E-state index >= 15 is 0 Å². The van der Waals surface area contributed by atoms with Crippen LogP contribution in [0.5, 0.6) is 0 Å². The Bertz CT molecular complexity index is 106. The van der Waals surface area contributed by atoms with Crippen molar-refractivity contribution >= 4 is 0 Å².